The summed E-state index contributed by atoms with van der Waals surface area (Å²) in [4.78, 5) is 12.1. The fourth-order valence-electron chi connectivity index (χ4n) is 2.24. The largest absolute Gasteiger partial charge is 0.497 e. The van der Waals surface area contributed by atoms with Crippen molar-refractivity contribution >= 4 is 27.8 Å². The first kappa shape index (κ1) is 19.5. The van der Waals surface area contributed by atoms with E-state index in [1.54, 1.807) is 24.3 Å². The molecule has 0 atom stereocenters. The van der Waals surface area contributed by atoms with Crippen molar-refractivity contribution in [1.29, 1.82) is 0 Å². The highest BCUT2D eigenvalue weighted by atomic mass is 32.2. The van der Waals surface area contributed by atoms with Crippen molar-refractivity contribution in [3.63, 3.8) is 0 Å². The minimum atomic E-state index is -3.64. The van der Waals surface area contributed by atoms with Gasteiger partial charge in [-0.25, -0.2) is 13.8 Å². The molecule has 1 N–H and O–H groups in total. The Hall–Kier alpha value is -2.87. The second kappa shape index (κ2) is 8.48. The van der Waals surface area contributed by atoms with Crippen LogP contribution in [0.5, 0.6) is 5.75 Å². The van der Waals surface area contributed by atoms with Crippen LogP contribution in [0, 0.1) is 6.92 Å². The topological polar surface area (TPSA) is 88.1 Å². The smallest absolute Gasteiger partial charge is 0.260 e. The van der Waals surface area contributed by atoms with E-state index in [0.717, 1.165) is 21.7 Å². The van der Waals surface area contributed by atoms with E-state index in [2.05, 4.69) is 10.5 Å². The van der Waals surface area contributed by atoms with Crippen LogP contribution in [-0.2, 0) is 14.8 Å². The predicted molar refractivity (Wildman–Crippen MR) is 102 cm³/mol. The Kier molecular flexibility index (Phi) is 6.35. The first-order valence-corrected chi connectivity index (χ1v) is 9.65. The second-order valence-electron chi connectivity index (χ2n) is 5.67. The predicted octanol–water partition coefficient (Wildman–Crippen LogP) is 1.92. The van der Waals surface area contributed by atoms with Crippen molar-refractivity contribution in [2.45, 2.75) is 6.92 Å². The van der Waals surface area contributed by atoms with Gasteiger partial charge in [-0.3, -0.25) is 9.10 Å². The van der Waals surface area contributed by atoms with Crippen LogP contribution in [0.1, 0.15) is 11.1 Å². The first-order valence-electron chi connectivity index (χ1n) is 7.80. The number of aryl methyl sites for hydroxylation is 1. The highest BCUT2D eigenvalue weighted by Crippen LogP contribution is 2.21. The van der Waals surface area contributed by atoms with Gasteiger partial charge in [-0.05, 0) is 36.8 Å². The molecule has 26 heavy (non-hydrogen) atoms. The number of benzene rings is 2. The number of carbonyl (C=O) groups is 1. The third-order valence-electron chi connectivity index (χ3n) is 3.49. The molecule has 0 radical (unpaired) electrons. The quantitative estimate of drug-likeness (QED) is 0.592. The van der Waals surface area contributed by atoms with Crippen molar-refractivity contribution < 1.29 is 17.9 Å². The van der Waals surface area contributed by atoms with Gasteiger partial charge >= 0.3 is 0 Å². The molecule has 0 aliphatic carbocycles. The number of hydrazone groups is 1. The molecule has 0 saturated carbocycles. The number of carbonyl (C=O) groups excluding carboxylic acids is 1. The molecule has 0 saturated heterocycles. The van der Waals surface area contributed by atoms with Gasteiger partial charge in [-0.15, -0.1) is 0 Å². The second-order valence-corrected chi connectivity index (χ2v) is 7.58. The van der Waals surface area contributed by atoms with E-state index >= 15 is 0 Å². The molecule has 7 nitrogen and oxygen atoms in total. The average molecular weight is 375 g/mol. The molecule has 0 aliphatic rings. The van der Waals surface area contributed by atoms with Gasteiger partial charge in [-0.1, -0.05) is 29.8 Å². The molecule has 2 rings (SSSR count). The summed E-state index contributed by atoms with van der Waals surface area (Å²) in [6, 6.07) is 14.0. The van der Waals surface area contributed by atoms with Gasteiger partial charge in [-0.2, -0.15) is 5.10 Å². The Balaban J connectivity index is 2.06. The summed E-state index contributed by atoms with van der Waals surface area (Å²) >= 11 is 0. The SMILES string of the molecule is COc1ccc(N(CC(=O)N/N=C\c2cccc(C)c2)S(C)(=O)=O)cc1. The van der Waals surface area contributed by atoms with Gasteiger partial charge in [0.25, 0.3) is 5.91 Å². The number of amides is 1. The molecule has 2 aromatic carbocycles. The van der Waals surface area contributed by atoms with Crippen LogP contribution in [0.2, 0.25) is 0 Å². The fraction of sp³-hybridized carbons (Fsp3) is 0.222. The lowest BCUT2D eigenvalue weighted by molar-refractivity contribution is -0.119. The van der Waals surface area contributed by atoms with E-state index in [9.17, 15) is 13.2 Å². The van der Waals surface area contributed by atoms with E-state index in [4.69, 9.17) is 4.74 Å². The summed E-state index contributed by atoms with van der Waals surface area (Å²) in [5, 5.41) is 3.87. The Labute approximate surface area is 153 Å². The molecule has 0 heterocycles. The van der Waals surface area contributed by atoms with Gasteiger partial charge in [0.2, 0.25) is 10.0 Å². The summed E-state index contributed by atoms with van der Waals surface area (Å²) in [6.45, 7) is 1.57. The van der Waals surface area contributed by atoms with E-state index in [0.29, 0.717) is 11.4 Å². The van der Waals surface area contributed by atoms with Crippen LogP contribution in [-0.4, -0.2) is 40.4 Å². The molecule has 0 aromatic heterocycles. The maximum Gasteiger partial charge on any atom is 0.260 e. The highest BCUT2D eigenvalue weighted by Gasteiger charge is 2.20. The number of rotatable bonds is 7. The standard InChI is InChI=1S/C18H21N3O4S/c1-14-5-4-6-15(11-14)12-19-20-18(22)13-21(26(3,23)24)16-7-9-17(25-2)10-8-16/h4-12H,13H2,1-3H3,(H,20,22)/b19-12-. The lowest BCUT2D eigenvalue weighted by atomic mass is 10.2. The van der Waals surface area contributed by atoms with Crippen molar-refractivity contribution in [2.75, 3.05) is 24.2 Å². The molecule has 0 fully saturated rings. The Morgan fingerprint density at radius 2 is 1.92 bits per heavy atom. The van der Waals surface area contributed by atoms with Gasteiger partial charge < -0.3 is 4.74 Å². The Bertz CT molecular complexity index is 893. The highest BCUT2D eigenvalue weighted by molar-refractivity contribution is 7.92. The summed E-state index contributed by atoms with van der Waals surface area (Å²) in [6.07, 6.45) is 2.55. The van der Waals surface area contributed by atoms with Crippen LogP contribution in [0.15, 0.2) is 53.6 Å². The lowest BCUT2D eigenvalue weighted by Crippen LogP contribution is -2.39. The molecule has 0 bridgehead atoms. The maximum atomic E-state index is 12.1. The minimum absolute atomic E-state index is 0.367. The number of nitrogens with one attached hydrogen (secondary N) is 1. The third kappa shape index (κ3) is 5.59. The minimum Gasteiger partial charge on any atom is -0.497 e. The number of hydrogen-bond acceptors (Lipinski definition) is 5. The fourth-order valence-corrected chi connectivity index (χ4v) is 3.10. The molecular weight excluding hydrogens is 354 g/mol. The normalized spacial score (nSPS) is 11.3. The molecule has 0 unspecified atom stereocenters. The van der Waals surface area contributed by atoms with Crippen LogP contribution in [0.25, 0.3) is 0 Å². The first-order chi connectivity index (χ1) is 12.3. The molecule has 2 aromatic rings. The van der Waals surface area contributed by atoms with E-state index < -0.39 is 15.9 Å². The zero-order valence-corrected chi connectivity index (χ0v) is 15.7. The molecular formula is C18H21N3O4S. The van der Waals surface area contributed by atoms with Crippen molar-refractivity contribution in [3.8, 4) is 5.75 Å². The van der Waals surface area contributed by atoms with Crippen molar-refractivity contribution in [3.05, 3.63) is 59.7 Å². The molecule has 1 amide bonds. The maximum absolute atomic E-state index is 12.1. The molecule has 8 heteroatoms. The van der Waals surface area contributed by atoms with Gasteiger partial charge in [0.1, 0.15) is 12.3 Å². The number of sulfonamides is 1. The number of hydrogen-bond donors (Lipinski definition) is 1. The van der Waals surface area contributed by atoms with E-state index in [1.807, 2.05) is 31.2 Å². The monoisotopic (exact) mass is 375 g/mol. The Morgan fingerprint density at radius 1 is 1.23 bits per heavy atom. The summed E-state index contributed by atoms with van der Waals surface area (Å²) in [5.74, 6) is 0.0459. The van der Waals surface area contributed by atoms with Gasteiger partial charge in [0.05, 0.1) is 25.3 Å². The van der Waals surface area contributed by atoms with Gasteiger partial charge in [0.15, 0.2) is 0 Å². The number of methoxy groups -OCH3 is 1. The van der Waals surface area contributed by atoms with Crippen LogP contribution in [0.3, 0.4) is 0 Å². The summed E-state index contributed by atoms with van der Waals surface area (Å²) < 4.78 is 30.1. The third-order valence-corrected chi connectivity index (χ3v) is 4.63. The zero-order valence-electron chi connectivity index (χ0n) is 14.8. The Morgan fingerprint density at radius 3 is 2.50 bits per heavy atom. The van der Waals surface area contributed by atoms with Crippen molar-refractivity contribution in [2.24, 2.45) is 5.10 Å². The molecule has 138 valence electrons. The van der Waals surface area contributed by atoms with Crippen LogP contribution in [0.4, 0.5) is 5.69 Å². The molecule has 0 aliphatic heterocycles. The lowest BCUT2D eigenvalue weighted by Gasteiger charge is -2.21. The number of nitrogens with zero attached hydrogens (tertiary/aromatic N) is 2. The number of anilines is 1. The van der Waals surface area contributed by atoms with E-state index in [-0.39, 0.29) is 6.54 Å². The molecule has 0 spiro atoms. The van der Waals surface area contributed by atoms with Crippen molar-refractivity contribution in [1.82, 2.24) is 5.43 Å². The van der Waals surface area contributed by atoms with E-state index in [1.165, 1.54) is 13.3 Å². The van der Waals surface area contributed by atoms with Crippen LogP contribution < -0.4 is 14.5 Å². The van der Waals surface area contributed by atoms with Crippen LogP contribution >= 0.6 is 0 Å². The van der Waals surface area contributed by atoms with Gasteiger partial charge in [0, 0.05) is 0 Å². The summed E-state index contributed by atoms with van der Waals surface area (Å²) in [7, 11) is -2.12. The average Bonchev–Trinajstić information content (AvgIpc) is 2.59. The zero-order chi connectivity index (χ0) is 19.2. The summed E-state index contributed by atoms with van der Waals surface area (Å²) in [5.41, 5.74) is 4.62. The number of ether oxygens (including phenoxy) is 1.